The number of nitrogens with one attached hydrogen (secondary N) is 2. The number of hydrogen-bond acceptors (Lipinski definition) is 5. The van der Waals surface area contributed by atoms with Crippen LogP contribution in [-0.2, 0) is 6.18 Å². The van der Waals surface area contributed by atoms with Crippen LogP contribution in [-0.4, -0.2) is 23.2 Å². The van der Waals surface area contributed by atoms with Gasteiger partial charge in [0, 0.05) is 7.05 Å². The van der Waals surface area contributed by atoms with Gasteiger partial charge >= 0.3 is 6.18 Å². The number of rotatable bonds is 3. The van der Waals surface area contributed by atoms with Crippen LogP contribution < -0.4 is 10.6 Å². The van der Waals surface area contributed by atoms with Gasteiger partial charge in [-0.3, -0.25) is 4.79 Å². The largest absolute Gasteiger partial charge is 0.418 e. The number of anilines is 2. The van der Waals surface area contributed by atoms with Crippen molar-refractivity contribution in [1.29, 1.82) is 0 Å². The second-order valence-electron chi connectivity index (χ2n) is 3.66. The van der Waals surface area contributed by atoms with Crippen LogP contribution in [0.1, 0.15) is 15.4 Å². The molecule has 0 aliphatic carbocycles. The van der Waals surface area contributed by atoms with Gasteiger partial charge in [-0.05, 0) is 12.1 Å². The van der Waals surface area contributed by atoms with Gasteiger partial charge in [0.2, 0.25) is 10.1 Å². The van der Waals surface area contributed by atoms with Gasteiger partial charge in [-0.25, -0.2) is 0 Å². The molecule has 106 valence electrons. The lowest BCUT2D eigenvalue weighted by atomic mass is 10.1. The summed E-state index contributed by atoms with van der Waals surface area (Å²) in [7, 11) is 1.60. The molecule has 1 aromatic carbocycles. The Morgan fingerprint density at radius 3 is 2.55 bits per heavy atom. The molecule has 1 aromatic heterocycles. The van der Waals surface area contributed by atoms with Crippen LogP contribution in [0.15, 0.2) is 24.3 Å². The quantitative estimate of drug-likeness (QED) is 0.915. The number of halogens is 3. The van der Waals surface area contributed by atoms with Crippen LogP contribution in [0.5, 0.6) is 0 Å². The molecule has 1 amide bonds. The highest BCUT2D eigenvalue weighted by molar-refractivity contribution is 7.17. The number of amides is 1. The Kier molecular flexibility index (Phi) is 3.89. The molecule has 20 heavy (non-hydrogen) atoms. The van der Waals surface area contributed by atoms with Crippen molar-refractivity contribution in [1.82, 2.24) is 10.2 Å². The first kappa shape index (κ1) is 14.3. The molecule has 0 radical (unpaired) electrons. The number of nitrogens with zero attached hydrogens (tertiary/aromatic N) is 2. The molecule has 2 aromatic rings. The number of carbonyl (C=O) groups is 1. The van der Waals surface area contributed by atoms with Crippen LogP contribution in [0, 0.1) is 0 Å². The minimum atomic E-state index is -4.54. The summed E-state index contributed by atoms with van der Waals surface area (Å²) < 4.78 is 38.3. The van der Waals surface area contributed by atoms with E-state index >= 15 is 0 Å². The highest BCUT2D eigenvalue weighted by Crippen LogP contribution is 2.34. The smallest absolute Gasteiger partial charge is 0.363 e. The number of alkyl halides is 3. The Hall–Kier alpha value is -2.16. The SMILES string of the molecule is CNc1nnc(C(=O)Nc2ccccc2C(F)(F)F)s1. The second kappa shape index (κ2) is 5.45. The Labute approximate surface area is 115 Å². The van der Waals surface area contributed by atoms with Gasteiger partial charge in [0.15, 0.2) is 0 Å². The monoisotopic (exact) mass is 302 g/mol. The maximum atomic E-state index is 12.8. The Morgan fingerprint density at radius 1 is 1.25 bits per heavy atom. The molecule has 2 rings (SSSR count). The van der Waals surface area contributed by atoms with Gasteiger partial charge < -0.3 is 10.6 Å². The van der Waals surface area contributed by atoms with Crippen LogP contribution in [0.3, 0.4) is 0 Å². The van der Waals surface area contributed by atoms with Crippen LogP contribution in [0.4, 0.5) is 24.0 Å². The van der Waals surface area contributed by atoms with E-state index < -0.39 is 17.6 Å². The zero-order chi connectivity index (χ0) is 14.8. The predicted octanol–water partition coefficient (Wildman–Crippen LogP) is 2.85. The van der Waals surface area contributed by atoms with Gasteiger partial charge in [0.05, 0.1) is 11.3 Å². The van der Waals surface area contributed by atoms with E-state index in [0.717, 1.165) is 17.4 Å². The molecule has 1 heterocycles. The number of para-hydroxylation sites is 1. The summed E-state index contributed by atoms with van der Waals surface area (Å²) >= 11 is 0.947. The standard InChI is InChI=1S/C11H9F3N4OS/c1-15-10-18-17-9(20-10)8(19)16-7-5-3-2-4-6(7)11(12,13)14/h2-5H,1H3,(H,15,18)(H,16,19). The highest BCUT2D eigenvalue weighted by Gasteiger charge is 2.33. The average Bonchev–Trinajstić information content (AvgIpc) is 2.87. The fourth-order valence-electron chi connectivity index (χ4n) is 1.43. The molecule has 5 nitrogen and oxygen atoms in total. The van der Waals surface area contributed by atoms with E-state index in [2.05, 4.69) is 20.8 Å². The van der Waals surface area contributed by atoms with E-state index in [0.29, 0.717) is 5.13 Å². The molecular formula is C11H9F3N4OS. The van der Waals surface area contributed by atoms with E-state index in [9.17, 15) is 18.0 Å². The van der Waals surface area contributed by atoms with Gasteiger partial charge in [-0.1, -0.05) is 23.5 Å². The second-order valence-corrected chi connectivity index (χ2v) is 4.64. The van der Waals surface area contributed by atoms with Crippen molar-refractivity contribution in [3.63, 3.8) is 0 Å². The average molecular weight is 302 g/mol. The molecule has 0 bridgehead atoms. The molecular weight excluding hydrogens is 293 g/mol. The number of aromatic nitrogens is 2. The van der Waals surface area contributed by atoms with Gasteiger partial charge in [-0.15, -0.1) is 10.2 Å². The summed E-state index contributed by atoms with van der Waals surface area (Å²) in [6.45, 7) is 0. The Bertz CT molecular complexity index is 626. The number of carbonyl (C=O) groups excluding carboxylic acids is 1. The van der Waals surface area contributed by atoms with Crippen molar-refractivity contribution in [3.05, 3.63) is 34.8 Å². The topological polar surface area (TPSA) is 66.9 Å². The number of hydrogen-bond donors (Lipinski definition) is 2. The zero-order valence-corrected chi connectivity index (χ0v) is 11.0. The lowest BCUT2D eigenvalue weighted by molar-refractivity contribution is -0.136. The van der Waals surface area contributed by atoms with Gasteiger partial charge in [0.1, 0.15) is 0 Å². The molecule has 0 atom stereocenters. The third kappa shape index (κ3) is 3.05. The summed E-state index contributed by atoms with van der Waals surface area (Å²) in [6, 6.07) is 4.74. The summed E-state index contributed by atoms with van der Waals surface area (Å²) in [5.74, 6) is -0.735. The van der Waals surface area contributed by atoms with E-state index in [-0.39, 0.29) is 10.7 Å². The minimum absolute atomic E-state index is 0.0219. The fourth-order valence-corrected chi connectivity index (χ4v) is 2.02. The number of benzene rings is 1. The summed E-state index contributed by atoms with van der Waals surface area (Å²) in [6.07, 6.45) is -4.54. The lowest BCUT2D eigenvalue weighted by Gasteiger charge is -2.12. The van der Waals surface area contributed by atoms with Crippen molar-refractivity contribution in [2.75, 3.05) is 17.7 Å². The van der Waals surface area contributed by atoms with Crippen LogP contribution >= 0.6 is 11.3 Å². The maximum absolute atomic E-state index is 12.8. The third-order valence-electron chi connectivity index (χ3n) is 2.31. The van der Waals surface area contributed by atoms with Crippen molar-refractivity contribution in [2.45, 2.75) is 6.18 Å². The molecule has 0 aliphatic rings. The third-order valence-corrected chi connectivity index (χ3v) is 3.25. The molecule has 2 N–H and O–H groups in total. The molecule has 0 aliphatic heterocycles. The lowest BCUT2D eigenvalue weighted by Crippen LogP contribution is -2.16. The molecule has 0 fully saturated rings. The summed E-state index contributed by atoms with van der Waals surface area (Å²) in [5, 5.41) is 12.5. The molecule has 0 unspecified atom stereocenters. The summed E-state index contributed by atoms with van der Waals surface area (Å²) in [5.41, 5.74) is -1.22. The van der Waals surface area contributed by atoms with Crippen molar-refractivity contribution in [2.24, 2.45) is 0 Å². The highest BCUT2D eigenvalue weighted by atomic mass is 32.1. The first-order valence-corrected chi connectivity index (χ1v) is 6.22. The van der Waals surface area contributed by atoms with E-state index in [1.165, 1.54) is 18.2 Å². The first-order valence-electron chi connectivity index (χ1n) is 5.40. The Balaban J connectivity index is 2.24. The Morgan fingerprint density at radius 2 is 1.95 bits per heavy atom. The van der Waals surface area contributed by atoms with E-state index in [4.69, 9.17) is 0 Å². The van der Waals surface area contributed by atoms with Crippen molar-refractivity contribution in [3.8, 4) is 0 Å². The normalized spacial score (nSPS) is 11.2. The molecule has 0 saturated carbocycles. The molecule has 9 heteroatoms. The minimum Gasteiger partial charge on any atom is -0.363 e. The van der Waals surface area contributed by atoms with Crippen LogP contribution in [0.2, 0.25) is 0 Å². The fraction of sp³-hybridized carbons (Fsp3) is 0.182. The predicted molar refractivity (Wildman–Crippen MR) is 68.9 cm³/mol. The van der Waals surface area contributed by atoms with Crippen LogP contribution in [0.25, 0.3) is 0 Å². The first-order chi connectivity index (χ1) is 9.41. The van der Waals surface area contributed by atoms with Gasteiger partial charge in [-0.2, -0.15) is 13.2 Å². The van der Waals surface area contributed by atoms with Crippen molar-refractivity contribution >= 4 is 28.1 Å². The van der Waals surface area contributed by atoms with E-state index in [1.54, 1.807) is 7.05 Å². The van der Waals surface area contributed by atoms with E-state index in [1.807, 2.05) is 0 Å². The molecule has 0 spiro atoms. The summed E-state index contributed by atoms with van der Waals surface area (Å²) in [4.78, 5) is 11.8. The molecule has 0 saturated heterocycles. The maximum Gasteiger partial charge on any atom is 0.418 e. The zero-order valence-electron chi connectivity index (χ0n) is 10.2. The van der Waals surface area contributed by atoms with Gasteiger partial charge in [0.25, 0.3) is 5.91 Å². The van der Waals surface area contributed by atoms with Crippen molar-refractivity contribution < 1.29 is 18.0 Å².